The SMILES string of the molecule is C/C(=C\C(=O)c1c(O)c2ccccc2n(C)c1=O)Nc1ccccc1Br. The number of halogens is 1. The number of rotatable bonds is 4. The number of aromatic hydroxyl groups is 1. The molecule has 0 saturated carbocycles. The minimum absolute atomic E-state index is 0.237. The molecule has 1 aromatic heterocycles. The molecule has 0 saturated heterocycles. The molecule has 132 valence electrons. The lowest BCUT2D eigenvalue weighted by Gasteiger charge is -2.11. The largest absolute Gasteiger partial charge is 0.506 e. The predicted molar refractivity (Wildman–Crippen MR) is 107 cm³/mol. The highest BCUT2D eigenvalue weighted by atomic mass is 79.9. The summed E-state index contributed by atoms with van der Waals surface area (Å²) in [5.74, 6) is -0.843. The number of ketones is 1. The second kappa shape index (κ2) is 7.17. The molecule has 26 heavy (non-hydrogen) atoms. The number of pyridine rings is 1. The summed E-state index contributed by atoms with van der Waals surface area (Å²) in [6, 6.07) is 14.4. The van der Waals surface area contributed by atoms with E-state index in [1.807, 2.05) is 24.3 Å². The molecule has 6 heteroatoms. The molecule has 0 amide bonds. The second-order valence-electron chi connectivity index (χ2n) is 5.90. The minimum Gasteiger partial charge on any atom is -0.506 e. The molecule has 2 aromatic carbocycles. The van der Waals surface area contributed by atoms with Crippen molar-refractivity contribution in [3.05, 3.63) is 80.7 Å². The summed E-state index contributed by atoms with van der Waals surface area (Å²) in [4.78, 5) is 25.2. The maximum Gasteiger partial charge on any atom is 0.265 e. The van der Waals surface area contributed by atoms with Crippen LogP contribution >= 0.6 is 15.9 Å². The van der Waals surface area contributed by atoms with Crippen LogP contribution in [0.5, 0.6) is 5.75 Å². The summed E-state index contributed by atoms with van der Waals surface area (Å²) in [5, 5.41) is 14.0. The van der Waals surface area contributed by atoms with Crippen molar-refractivity contribution < 1.29 is 9.90 Å². The molecule has 0 aliphatic heterocycles. The van der Waals surface area contributed by atoms with Crippen LogP contribution in [0.2, 0.25) is 0 Å². The Kier molecular flexibility index (Phi) is 4.95. The first kappa shape index (κ1) is 17.9. The Labute approximate surface area is 158 Å². The molecular weight excluding hydrogens is 396 g/mol. The lowest BCUT2D eigenvalue weighted by Crippen LogP contribution is -2.24. The number of hydrogen-bond donors (Lipinski definition) is 2. The van der Waals surface area contributed by atoms with E-state index in [9.17, 15) is 14.7 Å². The third kappa shape index (κ3) is 3.28. The molecule has 0 atom stereocenters. The number of carbonyl (C=O) groups excluding carboxylic acids is 1. The Balaban J connectivity index is 2.03. The van der Waals surface area contributed by atoms with Gasteiger partial charge in [-0.1, -0.05) is 24.3 Å². The Hall–Kier alpha value is -2.86. The van der Waals surface area contributed by atoms with Crippen molar-refractivity contribution in [3.8, 4) is 5.75 Å². The Bertz CT molecular complexity index is 1100. The third-order valence-electron chi connectivity index (χ3n) is 4.08. The first-order valence-electron chi connectivity index (χ1n) is 7.95. The molecule has 0 aliphatic carbocycles. The molecule has 3 aromatic rings. The standard InChI is InChI=1S/C20H17BrN2O3/c1-12(22-15-9-5-4-8-14(15)21)11-17(24)18-19(25)13-7-3-6-10-16(13)23(2)20(18)26/h3-11,22,25H,1-2H3/b12-11+. The highest BCUT2D eigenvalue weighted by Gasteiger charge is 2.19. The molecule has 3 rings (SSSR count). The first-order chi connectivity index (χ1) is 12.4. The van der Waals surface area contributed by atoms with Crippen LogP contribution < -0.4 is 10.9 Å². The van der Waals surface area contributed by atoms with E-state index in [2.05, 4.69) is 21.2 Å². The topological polar surface area (TPSA) is 71.3 Å². The number of hydrogen-bond acceptors (Lipinski definition) is 4. The van der Waals surface area contributed by atoms with E-state index in [0.29, 0.717) is 16.6 Å². The molecule has 1 heterocycles. The fourth-order valence-corrected chi connectivity index (χ4v) is 3.17. The van der Waals surface area contributed by atoms with Crippen LogP contribution in [0, 0.1) is 0 Å². The smallest absolute Gasteiger partial charge is 0.265 e. The molecule has 0 bridgehead atoms. The Morgan fingerprint density at radius 3 is 2.54 bits per heavy atom. The highest BCUT2D eigenvalue weighted by Crippen LogP contribution is 2.27. The minimum atomic E-state index is -0.550. The maximum absolute atomic E-state index is 12.7. The van der Waals surface area contributed by atoms with E-state index in [1.165, 1.54) is 10.6 Å². The van der Waals surface area contributed by atoms with Crippen LogP contribution in [-0.4, -0.2) is 15.5 Å². The number of allylic oxidation sites excluding steroid dienone is 2. The van der Waals surface area contributed by atoms with Gasteiger partial charge in [0.2, 0.25) is 0 Å². The zero-order valence-electron chi connectivity index (χ0n) is 14.3. The van der Waals surface area contributed by atoms with Crippen molar-refractivity contribution in [3.63, 3.8) is 0 Å². The van der Waals surface area contributed by atoms with Crippen LogP contribution in [0.1, 0.15) is 17.3 Å². The van der Waals surface area contributed by atoms with Gasteiger partial charge in [0.15, 0.2) is 5.78 Å². The van der Waals surface area contributed by atoms with Gasteiger partial charge in [0.25, 0.3) is 5.56 Å². The molecule has 0 radical (unpaired) electrons. The number of fused-ring (bicyclic) bond motifs is 1. The van der Waals surface area contributed by atoms with Crippen molar-refractivity contribution in [2.45, 2.75) is 6.92 Å². The summed E-state index contributed by atoms with van der Waals surface area (Å²) >= 11 is 3.43. The summed E-state index contributed by atoms with van der Waals surface area (Å²) in [5.41, 5.74) is 1.15. The summed E-state index contributed by atoms with van der Waals surface area (Å²) in [6.07, 6.45) is 1.31. The average molecular weight is 413 g/mol. The van der Waals surface area contributed by atoms with E-state index in [4.69, 9.17) is 0 Å². The van der Waals surface area contributed by atoms with Crippen molar-refractivity contribution >= 4 is 38.3 Å². The van der Waals surface area contributed by atoms with Crippen LogP contribution in [-0.2, 0) is 7.05 Å². The molecular formula is C20H17BrN2O3. The number of para-hydroxylation sites is 2. The maximum atomic E-state index is 12.7. The Morgan fingerprint density at radius 2 is 1.81 bits per heavy atom. The molecule has 0 aliphatic rings. The molecule has 0 fully saturated rings. The van der Waals surface area contributed by atoms with Gasteiger partial charge in [-0.3, -0.25) is 9.59 Å². The van der Waals surface area contributed by atoms with Crippen molar-refractivity contribution in [1.29, 1.82) is 0 Å². The molecule has 0 unspecified atom stereocenters. The number of anilines is 1. The number of nitrogens with zero attached hydrogens (tertiary/aromatic N) is 1. The van der Waals surface area contributed by atoms with Gasteiger partial charge < -0.3 is 15.0 Å². The van der Waals surface area contributed by atoms with Crippen molar-refractivity contribution in [2.75, 3.05) is 5.32 Å². The van der Waals surface area contributed by atoms with Gasteiger partial charge in [0.05, 0.1) is 11.2 Å². The number of nitrogens with one attached hydrogen (secondary N) is 1. The average Bonchev–Trinajstić information content (AvgIpc) is 2.62. The monoisotopic (exact) mass is 412 g/mol. The summed E-state index contributed by atoms with van der Waals surface area (Å²) in [7, 11) is 1.58. The van der Waals surface area contributed by atoms with Gasteiger partial charge in [-0.25, -0.2) is 0 Å². The lowest BCUT2D eigenvalue weighted by molar-refractivity contribution is 0.104. The molecule has 2 N–H and O–H groups in total. The van der Waals surface area contributed by atoms with Crippen molar-refractivity contribution in [2.24, 2.45) is 7.05 Å². The fraction of sp³-hybridized carbons (Fsp3) is 0.100. The number of aromatic nitrogens is 1. The van der Waals surface area contributed by atoms with E-state index < -0.39 is 11.3 Å². The van der Waals surface area contributed by atoms with Gasteiger partial charge in [-0.05, 0) is 47.1 Å². The first-order valence-corrected chi connectivity index (χ1v) is 8.74. The van der Waals surface area contributed by atoms with Gasteiger partial charge >= 0.3 is 0 Å². The highest BCUT2D eigenvalue weighted by molar-refractivity contribution is 9.10. The van der Waals surface area contributed by atoms with E-state index in [0.717, 1.165) is 10.2 Å². The van der Waals surface area contributed by atoms with E-state index in [-0.39, 0.29) is 11.3 Å². The van der Waals surface area contributed by atoms with Gasteiger partial charge in [0.1, 0.15) is 11.3 Å². The molecule has 0 spiro atoms. The van der Waals surface area contributed by atoms with Crippen molar-refractivity contribution in [1.82, 2.24) is 4.57 Å². The zero-order chi connectivity index (χ0) is 18.8. The summed E-state index contributed by atoms with van der Waals surface area (Å²) in [6.45, 7) is 1.72. The van der Waals surface area contributed by atoms with Crippen LogP contribution in [0.15, 0.2) is 69.6 Å². The molecule has 5 nitrogen and oxygen atoms in total. The fourth-order valence-electron chi connectivity index (χ4n) is 2.78. The number of carbonyl (C=O) groups is 1. The van der Waals surface area contributed by atoms with E-state index in [1.54, 1.807) is 38.2 Å². The second-order valence-corrected chi connectivity index (χ2v) is 6.76. The van der Waals surface area contributed by atoms with Crippen LogP contribution in [0.4, 0.5) is 5.69 Å². The van der Waals surface area contributed by atoms with Crippen LogP contribution in [0.25, 0.3) is 10.9 Å². The van der Waals surface area contributed by atoms with Crippen LogP contribution in [0.3, 0.4) is 0 Å². The van der Waals surface area contributed by atoms with Gasteiger partial charge in [0, 0.05) is 28.7 Å². The van der Waals surface area contributed by atoms with Gasteiger partial charge in [-0.2, -0.15) is 0 Å². The van der Waals surface area contributed by atoms with E-state index >= 15 is 0 Å². The van der Waals surface area contributed by atoms with Gasteiger partial charge in [-0.15, -0.1) is 0 Å². The predicted octanol–water partition coefficient (Wildman–Crippen LogP) is 4.21. The quantitative estimate of drug-likeness (QED) is 0.497. The Morgan fingerprint density at radius 1 is 1.15 bits per heavy atom. The lowest BCUT2D eigenvalue weighted by atomic mass is 10.1. The third-order valence-corrected chi connectivity index (χ3v) is 4.77. The normalized spacial score (nSPS) is 11.6. The summed E-state index contributed by atoms with van der Waals surface area (Å²) < 4.78 is 2.22. The number of benzene rings is 2. The number of aryl methyl sites for hydroxylation is 1. The zero-order valence-corrected chi connectivity index (χ0v) is 15.9.